The fourth-order valence-corrected chi connectivity index (χ4v) is 2.65. The standard InChI is InChI=1S/C22H19F2N3O5/c1-14(28)26-22(2,21(23)24)18(20(30)27-31)25-19(29)17-9-7-15(8-10-17)5-3-4-6-16-11-12-32-13-16/h7-13,18,21,31H,1-2H3,(H,25,29)(H,26,28)(H,27,30). The zero-order valence-corrected chi connectivity index (χ0v) is 17.0. The lowest BCUT2D eigenvalue weighted by Gasteiger charge is -2.36. The summed E-state index contributed by atoms with van der Waals surface area (Å²) in [6, 6.07) is 5.45. The van der Waals surface area contributed by atoms with Gasteiger partial charge in [0.2, 0.25) is 5.91 Å². The van der Waals surface area contributed by atoms with Gasteiger partial charge in [0.25, 0.3) is 18.2 Å². The van der Waals surface area contributed by atoms with Crippen molar-refractivity contribution in [3.63, 3.8) is 0 Å². The van der Waals surface area contributed by atoms with E-state index >= 15 is 0 Å². The van der Waals surface area contributed by atoms with Crippen molar-refractivity contribution in [2.75, 3.05) is 0 Å². The van der Waals surface area contributed by atoms with Crippen molar-refractivity contribution in [1.82, 2.24) is 16.1 Å². The van der Waals surface area contributed by atoms with Crippen molar-refractivity contribution >= 4 is 17.7 Å². The minimum Gasteiger partial charge on any atom is -0.471 e. The smallest absolute Gasteiger partial charge is 0.268 e. The number of hydrogen-bond acceptors (Lipinski definition) is 5. The highest BCUT2D eigenvalue weighted by Gasteiger charge is 2.48. The van der Waals surface area contributed by atoms with Crippen LogP contribution in [-0.2, 0) is 9.59 Å². The molecule has 0 spiro atoms. The van der Waals surface area contributed by atoms with E-state index in [0.29, 0.717) is 11.1 Å². The lowest BCUT2D eigenvalue weighted by molar-refractivity contribution is -0.137. The van der Waals surface area contributed by atoms with E-state index in [0.717, 1.165) is 13.8 Å². The predicted octanol–water partition coefficient (Wildman–Crippen LogP) is 1.45. The summed E-state index contributed by atoms with van der Waals surface area (Å²) in [5, 5.41) is 13.0. The van der Waals surface area contributed by atoms with E-state index in [2.05, 4.69) is 29.0 Å². The van der Waals surface area contributed by atoms with E-state index < -0.39 is 35.7 Å². The third-order valence-electron chi connectivity index (χ3n) is 4.29. The number of hydroxylamine groups is 1. The molecular formula is C22H19F2N3O5. The average molecular weight is 443 g/mol. The Hall–Kier alpha value is -4.15. The zero-order chi connectivity index (χ0) is 23.7. The minimum atomic E-state index is -3.24. The summed E-state index contributed by atoms with van der Waals surface area (Å²) in [5.41, 5.74) is -0.0131. The maximum atomic E-state index is 13.7. The molecule has 1 heterocycles. The number of amides is 3. The van der Waals surface area contributed by atoms with E-state index in [1.54, 1.807) is 6.07 Å². The lowest BCUT2D eigenvalue weighted by Crippen LogP contribution is -2.68. The molecular weight excluding hydrogens is 424 g/mol. The van der Waals surface area contributed by atoms with Gasteiger partial charge < -0.3 is 15.1 Å². The third-order valence-corrected chi connectivity index (χ3v) is 4.29. The van der Waals surface area contributed by atoms with Crippen molar-refractivity contribution in [1.29, 1.82) is 0 Å². The molecule has 2 rings (SSSR count). The first-order valence-electron chi connectivity index (χ1n) is 9.13. The molecule has 0 aliphatic carbocycles. The number of furan rings is 1. The first-order valence-corrected chi connectivity index (χ1v) is 9.13. The second-order valence-corrected chi connectivity index (χ2v) is 6.74. The van der Waals surface area contributed by atoms with Crippen LogP contribution in [0, 0.1) is 23.7 Å². The zero-order valence-electron chi connectivity index (χ0n) is 17.0. The summed E-state index contributed by atoms with van der Waals surface area (Å²) in [4.78, 5) is 35.9. The Balaban J connectivity index is 2.18. The first-order chi connectivity index (χ1) is 15.2. The van der Waals surface area contributed by atoms with Crippen molar-refractivity contribution in [3.05, 3.63) is 59.5 Å². The molecule has 0 bridgehead atoms. The molecule has 3 amide bonds. The SMILES string of the molecule is CC(=O)NC(C)(C(F)F)C(NC(=O)c1ccc(C#CC#Cc2ccoc2)cc1)C(=O)NO. The van der Waals surface area contributed by atoms with Gasteiger partial charge in [-0.05, 0) is 55.0 Å². The molecule has 1 aromatic carbocycles. The van der Waals surface area contributed by atoms with E-state index in [1.807, 2.05) is 5.32 Å². The minimum absolute atomic E-state index is 0.0372. The van der Waals surface area contributed by atoms with E-state index in [-0.39, 0.29) is 5.56 Å². The number of carbonyl (C=O) groups is 3. The number of nitrogens with one attached hydrogen (secondary N) is 3. The van der Waals surface area contributed by atoms with Crippen molar-refractivity contribution < 1.29 is 32.8 Å². The molecule has 10 heteroatoms. The van der Waals surface area contributed by atoms with Gasteiger partial charge in [0.1, 0.15) is 17.8 Å². The Morgan fingerprint density at radius 3 is 2.19 bits per heavy atom. The highest BCUT2D eigenvalue weighted by molar-refractivity contribution is 5.98. The fraction of sp³-hybridized carbons (Fsp3) is 0.227. The van der Waals surface area contributed by atoms with Gasteiger partial charge in [0, 0.05) is 18.1 Å². The quantitative estimate of drug-likeness (QED) is 0.306. The van der Waals surface area contributed by atoms with Crippen LogP contribution in [0.4, 0.5) is 8.78 Å². The third kappa shape index (κ3) is 6.17. The topological polar surface area (TPSA) is 121 Å². The van der Waals surface area contributed by atoms with Crippen LogP contribution in [0.1, 0.15) is 35.3 Å². The molecule has 32 heavy (non-hydrogen) atoms. The maximum Gasteiger partial charge on any atom is 0.268 e. The summed E-state index contributed by atoms with van der Waals surface area (Å²) < 4.78 is 32.2. The summed E-state index contributed by atoms with van der Waals surface area (Å²) in [7, 11) is 0. The van der Waals surface area contributed by atoms with Crippen LogP contribution in [0.2, 0.25) is 0 Å². The Morgan fingerprint density at radius 1 is 1.06 bits per heavy atom. The largest absolute Gasteiger partial charge is 0.471 e. The number of hydrogen-bond donors (Lipinski definition) is 4. The highest BCUT2D eigenvalue weighted by atomic mass is 19.3. The Bertz CT molecular complexity index is 1090. The van der Waals surface area contributed by atoms with Crippen LogP contribution in [0.3, 0.4) is 0 Å². The van der Waals surface area contributed by atoms with Gasteiger partial charge in [-0.25, -0.2) is 14.3 Å². The molecule has 0 aliphatic heterocycles. The van der Waals surface area contributed by atoms with Crippen LogP contribution in [0.25, 0.3) is 0 Å². The van der Waals surface area contributed by atoms with Crippen LogP contribution < -0.4 is 16.1 Å². The van der Waals surface area contributed by atoms with Gasteiger partial charge in [0.05, 0.1) is 11.8 Å². The summed E-state index contributed by atoms with van der Waals surface area (Å²) >= 11 is 0. The molecule has 8 nitrogen and oxygen atoms in total. The van der Waals surface area contributed by atoms with Gasteiger partial charge >= 0.3 is 0 Å². The van der Waals surface area contributed by atoms with E-state index in [9.17, 15) is 23.2 Å². The second kappa shape index (κ2) is 10.8. The molecule has 0 radical (unpaired) electrons. The summed E-state index contributed by atoms with van der Waals surface area (Å²) in [6.07, 6.45) is -0.289. The predicted molar refractivity (Wildman–Crippen MR) is 108 cm³/mol. The molecule has 1 aromatic heterocycles. The van der Waals surface area contributed by atoms with Gasteiger partial charge in [-0.2, -0.15) is 0 Å². The lowest BCUT2D eigenvalue weighted by atomic mass is 9.91. The molecule has 0 saturated heterocycles. The molecule has 2 atom stereocenters. The molecule has 4 N–H and O–H groups in total. The van der Waals surface area contributed by atoms with Crippen molar-refractivity contribution in [2.24, 2.45) is 0 Å². The van der Waals surface area contributed by atoms with Gasteiger partial charge in [0.15, 0.2) is 0 Å². The Morgan fingerprint density at radius 2 is 1.69 bits per heavy atom. The highest BCUT2D eigenvalue weighted by Crippen LogP contribution is 2.21. The number of carbonyl (C=O) groups excluding carboxylic acids is 3. The monoisotopic (exact) mass is 443 g/mol. The normalized spacial score (nSPS) is 12.8. The number of halogens is 2. The van der Waals surface area contributed by atoms with Crippen molar-refractivity contribution in [2.45, 2.75) is 31.9 Å². The van der Waals surface area contributed by atoms with E-state index in [1.165, 1.54) is 42.3 Å². The second-order valence-electron chi connectivity index (χ2n) is 6.74. The number of rotatable bonds is 6. The van der Waals surface area contributed by atoms with Gasteiger partial charge in [-0.3, -0.25) is 19.6 Å². The van der Waals surface area contributed by atoms with E-state index in [4.69, 9.17) is 9.62 Å². The van der Waals surface area contributed by atoms with Crippen LogP contribution in [-0.4, -0.2) is 40.9 Å². The fourth-order valence-electron chi connectivity index (χ4n) is 2.65. The Kier molecular flexibility index (Phi) is 8.11. The number of benzene rings is 1. The molecule has 2 unspecified atom stereocenters. The molecule has 0 aliphatic rings. The van der Waals surface area contributed by atoms with Gasteiger partial charge in [-0.1, -0.05) is 5.92 Å². The van der Waals surface area contributed by atoms with Crippen LogP contribution in [0.15, 0.2) is 47.3 Å². The Labute approximate surface area is 182 Å². The van der Waals surface area contributed by atoms with Crippen molar-refractivity contribution in [3.8, 4) is 23.7 Å². The first kappa shape index (κ1) is 24.1. The molecule has 166 valence electrons. The summed E-state index contributed by atoms with van der Waals surface area (Å²) in [5.74, 6) is 7.76. The van der Waals surface area contributed by atoms with Crippen LogP contribution >= 0.6 is 0 Å². The van der Waals surface area contributed by atoms with Gasteiger partial charge in [-0.15, -0.1) is 0 Å². The molecule has 2 aromatic rings. The molecule has 0 saturated carbocycles. The maximum absolute atomic E-state index is 13.7. The average Bonchev–Trinajstić information content (AvgIpc) is 3.27. The summed E-state index contributed by atoms with van der Waals surface area (Å²) in [6.45, 7) is 1.86. The van der Waals surface area contributed by atoms with Crippen LogP contribution in [0.5, 0.6) is 0 Å². The number of alkyl halides is 2. The molecule has 0 fully saturated rings.